The minimum Gasteiger partial charge on any atom is -0.387 e. The van der Waals surface area contributed by atoms with Gasteiger partial charge in [0.25, 0.3) is 0 Å². The fraction of sp³-hybridized carbons (Fsp3) is 0.412. The van der Waals surface area contributed by atoms with Crippen molar-refractivity contribution >= 4 is 12.2 Å². The van der Waals surface area contributed by atoms with E-state index in [0.29, 0.717) is 30.4 Å². The third-order valence-corrected chi connectivity index (χ3v) is 4.73. The highest BCUT2D eigenvalue weighted by Gasteiger charge is 2.23. The normalized spacial score (nSPS) is 20.9. The van der Waals surface area contributed by atoms with Crippen LogP contribution in [0.1, 0.15) is 12.8 Å². The Bertz CT molecular complexity index is 768. The molecule has 1 aliphatic heterocycles. The summed E-state index contributed by atoms with van der Waals surface area (Å²) in [5.74, 6) is 0.427. The maximum absolute atomic E-state index is 13.2. The third kappa shape index (κ3) is 3.63. The quantitative estimate of drug-likeness (QED) is 0.634. The largest absolute Gasteiger partial charge is 0.387 e. The van der Waals surface area contributed by atoms with E-state index in [0.717, 1.165) is 24.9 Å². The first-order chi connectivity index (χ1) is 11.6. The van der Waals surface area contributed by atoms with Gasteiger partial charge in [0.2, 0.25) is 4.77 Å². The van der Waals surface area contributed by atoms with Gasteiger partial charge < -0.3 is 10.0 Å². The fourth-order valence-electron chi connectivity index (χ4n) is 3.13. The van der Waals surface area contributed by atoms with E-state index in [4.69, 9.17) is 12.2 Å². The van der Waals surface area contributed by atoms with Gasteiger partial charge >= 0.3 is 0 Å². The van der Waals surface area contributed by atoms with Crippen LogP contribution in [0.4, 0.5) is 4.39 Å². The highest BCUT2D eigenvalue weighted by molar-refractivity contribution is 7.71. The van der Waals surface area contributed by atoms with Crippen LogP contribution in [0.3, 0.4) is 0 Å². The van der Waals surface area contributed by atoms with Crippen LogP contribution in [0.5, 0.6) is 0 Å². The standard InChI is InChI=1S/C17H21FN4OS/c1-2-9-21-16(13-5-7-14(18)8-6-13)19-22(17(21)24)12-20-10-3-4-15(23)11-20/h2,5-8,15,23H,1,3-4,9-12H2/p+1/t15-/m1/s1. The Morgan fingerprint density at radius 1 is 1.42 bits per heavy atom. The monoisotopic (exact) mass is 349 g/mol. The van der Waals surface area contributed by atoms with Crippen molar-refractivity contribution in [2.75, 3.05) is 13.1 Å². The van der Waals surface area contributed by atoms with Gasteiger partial charge in [0, 0.05) is 12.1 Å². The molecule has 0 amide bonds. The van der Waals surface area contributed by atoms with Crippen molar-refractivity contribution in [2.24, 2.45) is 0 Å². The Morgan fingerprint density at radius 3 is 2.83 bits per heavy atom. The number of aromatic nitrogens is 3. The molecule has 24 heavy (non-hydrogen) atoms. The van der Waals surface area contributed by atoms with Crippen molar-refractivity contribution in [1.82, 2.24) is 14.3 Å². The first kappa shape index (κ1) is 17.0. The van der Waals surface area contributed by atoms with Gasteiger partial charge in [0.15, 0.2) is 12.5 Å². The molecular formula is C17H22FN4OS+. The smallest absolute Gasteiger partial charge is 0.203 e. The highest BCUT2D eigenvalue weighted by atomic mass is 32.1. The van der Waals surface area contributed by atoms with E-state index in [2.05, 4.69) is 11.7 Å². The van der Waals surface area contributed by atoms with Crippen molar-refractivity contribution in [1.29, 1.82) is 0 Å². The molecule has 0 saturated carbocycles. The Hall–Kier alpha value is -1.83. The summed E-state index contributed by atoms with van der Waals surface area (Å²) in [6, 6.07) is 6.24. The molecule has 3 rings (SSSR count). The minimum atomic E-state index is -0.279. The van der Waals surface area contributed by atoms with Crippen LogP contribution < -0.4 is 4.90 Å². The predicted octanol–water partition coefficient (Wildman–Crippen LogP) is 1.40. The van der Waals surface area contributed by atoms with Crippen LogP contribution in [0.15, 0.2) is 36.9 Å². The van der Waals surface area contributed by atoms with E-state index in [1.54, 1.807) is 22.9 Å². The number of benzene rings is 1. The van der Waals surface area contributed by atoms with E-state index in [1.165, 1.54) is 17.0 Å². The van der Waals surface area contributed by atoms with Gasteiger partial charge in [0.1, 0.15) is 18.5 Å². The molecule has 2 N–H and O–H groups in total. The zero-order chi connectivity index (χ0) is 17.1. The molecule has 0 bridgehead atoms. The molecule has 0 aliphatic carbocycles. The lowest BCUT2D eigenvalue weighted by Gasteiger charge is -2.26. The second-order valence-electron chi connectivity index (χ2n) is 6.17. The molecule has 2 heterocycles. The number of likely N-dealkylation sites (tertiary alicyclic amines) is 1. The molecule has 0 radical (unpaired) electrons. The first-order valence-electron chi connectivity index (χ1n) is 8.14. The number of aliphatic hydroxyl groups excluding tert-OH is 1. The maximum atomic E-state index is 13.2. The van der Waals surface area contributed by atoms with Gasteiger partial charge in [-0.25, -0.2) is 4.39 Å². The van der Waals surface area contributed by atoms with Crippen LogP contribution in [0, 0.1) is 10.6 Å². The SMILES string of the molecule is C=CCn1c(-c2ccc(F)cc2)nn(C[NH+]2CCC[C@@H](O)C2)c1=S. The summed E-state index contributed by atoms with van der Waals surface area (Å²) in [5.41, 5.74) is 0.816. The molecular weight excluding hydrogens is 327 g/mol. The van der Waals surface area contributed by atoms with Crippen molar-refractivity contribution < 1.29 is 14.4 Å². The average Bonchev–Trinajstić information content (AvgIpc) is 2.86. The summed E-state index contributed by atoms with van der Waals surface area (Å²) in [6.07, 6.45) is 3.38. The number of nitrogens with one attached hydrogen (secondary N) is 1. The molecule has 1 fully saturated rings. The molecule has 1 unspecified atom stereocenters. The third-order valence-electron chi connectivity index (χ3n) is 4.30. The van der Waals surface area contributed by atoms with Crippen LogP contribution in [-0.4, -0.2) is 38.6 Å². The summed E-state index contributed by atoms with van der Waals surface area (Å²) in [5, 5.41) is 14.5. The Labute approximate surface area is 145 Å². The van der Waals surface area contributed by atoms with Crippen LogP contribution >= 0.6 is 12.2 Å². The number of rotatable bonds is 5. The molecule has 1 saturated heterocycles. The van der Waals surface area contributed by atoms with Gasteiger partial charge in [0.05, 0.1) is 6.54 Å². The molecule has 2 atom stereocenters. The van der Waals surface area contributed by atoms with E-state index in [-0.39, 0.29) is 11.9 Å². The zero-order valence-electron chi connectivity index (χ0n) is 13.5. The number of nitrogens with zero attached hydrogens (tertiary/aromatic N) is 3. The van der Waals surface area contributed by atoms with Crippen molar-refractivity contribution in [3.63, 3.8) is 0 Å². The summed E-state index contributed by atoms with van der Waals surface area (Å²) in [4.78, 5) is 1.26. The number of halogens is 1. The lowest BCUT2D eigenvalue weighted by atomic mass is 10.1. The van der Waals surface area contributed by atoms with Crippen LogP contribution in [-0.2, 0) is 13.2 Å². The summed E-state index contributed by atoms with van der Waals surface area (Å²) >= 11 is 5.57. The van der Waals surface area contributed by atoms with Crippen molar-refractivity contribution in [3.05, 3.63) is 47.5 Å². The van der Waals surface area contributed by atoms with E-state index < -0.39 is 0 Å². The van der Waals surface area contributed by atoms with Gasteiger partial charge in [-0.05, 0) is 49.3 Å². The molecule has 128 valence electrons. The van der Waals surface area contributed by atoms with Crippen molar-refractivity contribution in [3.8, 4) is 11.4 Å². The molecule has 2 aromatic rings. The second kappa shape index (κ2) is 7.38. The summed E-state index contributed by atoms with van der Waals surface area (Å²) in [6.45, 7) is 6.65. The Balaban J connectivity index is 1.93. The Morgan fingerprint density at radius 2 is 2.17 bits per heavy atom. The molecule has 7 heteroatoms. The maximum Gasteiger partial charge on any atom is 0.203 e. The number of hydrogen-bond donors (Lipinski definition) is 2. The van der Waals surface area contributed by atoms with E-state index >= 15 is 0 Å². The first-order valence-corrected chi connectivity index (χ1v) is 8.55. The second-order valence-corrected chi connectivity index (χ2v) is 6.54. The van der Waals surface area contributed by atoms with Crippen LogP contribution in [0.25, 0.3) is 11.4 Å². The Kier molecular flexibility index (Phi) is 5.23. The van der Waals surface area contributed by atoms with Gasteiger partial charge in [-0.2, -0.15) is 4.68 Å². The predicted molar refractivity (Wildman–Crippen MR) is 92.6 cm³/mol. The molecule has 1 aliphatic rings. The van der Waals surface area contributed by atoms with Crippen molar-refractivity contribution in [2.45, 2.75) is 32.2 Å². The van der Waals surface area contributed by atoms with E-state index in [1.807, 2.05) is 4.57 Å². The average molecular weight is 349 g/mol. The number of piperidine rings is 1. The fourth-order valence-corrected chi connectivity index (χ4v) is 3.40. The summed E-state index contributed by atoms with van der Waals surface area (Å²) < 4.78 is 17.5. The summed E-state index contributed by atoms with van der Waals surface area (Å²) in [7, 11) is 0. The number of aliphatic hydroxyl groups is 1. The van der Waals surface area contributed by atoms with Gasteiger partial charge in [-0.1, -0.05) is 6.08 Å². The number of quaternary nitrogens is 1. The van der Waals surface area contributed by atoms with Gasteiger partial charge in [-0.15, -0.1) is 11.7 Å². The van der Waals surface area contributed by atoms with Crippen LogP contribution in [0.2, 0.25) is 0 Å². The molecule has 1 aromatic heterocycles. The highest BCUT2D eigenvalue weighted by Crippen LogP contribution is 2.19. The zero-order valence-corrected chi connectivity index (χ0v) is 14.3. The minimum absolute atomic E-state index is 0.255. The molecule has 1 aromatic carbocycles. The molecule has 0 spiro atoms. The lowest BCUT2D eigenvalue weighted by Crippen LogP contribution is -3.13. The topological polar surface area (TPSA) is 47.4 Å². The number of allylic oxidation sites excluding steroid dienone is 1. The number of hydrogen-bond acceptors (Lipinski definition) is 3. The molecule has 5 nitrogen and oxygen atoms in total. The lowest BCUT2D eigenvalue weighted by molar-refractivity contribution is -0.931. The van der Waals surface area contributed by atoms with E-state index in [9.17, 15) is 9.50 Å². The van der Waals surface area contributed by atoms with Gasteiger partial charge in [-0.3, -0.25) is 4.57 Å².